The Morgan fingerprint density at radius 3 is 2.66 bits per heavy atom. The number of aromatic nitrogens is 6. The Morgan fingerprint density at radius 2 is 1.83 bits per heavy atom. The number of pyridine rings is 2. The van der Waals surface area contributed by atoms with Crippen LogP contribution in [0.15, 0.2) is 61.2 Å². The van der Waals surface area contributed by atoms with Crippen LogP contribution in [0.3, 0.4) is 0 Å². The normalized spacial score (nSPS) is 11.1. The number of H-pyrrole nitrogens is 2. The van der Waals surface area contributed by atoms with Crippen LogP contribution in [0.5, 0.6) is 5.75 Å². The zero-order valence-corrected chi connectivity index (χ0v) is 15.5. The molecule has 8 heteroatoms. The average molecular weight is 383 g/mol. The van der Waals surface area contributed by atoms with E-state index < -0.39 is 0 Å². The highest BCUT2D eigenvalue weighted by atomic mass is 16.5. The smallest absolute Gasteiger partial charge is 0.166 e. The number of imidazole rings is 1. The van der Waals surface area contributed by atoms with Gasteiger partial charge in [-0.25, -0.2) is 9.97 Å². The van der Waals surface area contributed by atoms with Gasteiger partial charge in [0.15, 0.2) is 11.6 Å². The highest BCUT2D eigenvalue weighted by Crippen LogP contribution is 2.35. The SMILES string of the molecule is COc1cc(-c2[nH]c(-c3ccc4[nH]ncc4c3)nc2-c2ccncc2)cnc1N. The number of fused-ring (bicyclic) bond motifs is 1. The van der Waals surface area contributed by atoms with Crippen molar-refractivity contribution in [1.29, 1.82) is 0 Å². The minimum atomic E-state index is 0.340. The summed E-state index contributed by atoms with van der Waals surface area (Å²) < 4.78 is 5.34. The van der Waals surface area contributed by atoms with Crippen LogP contribution in [0.2, 0.25) is 0 Å². The van der Waals surface area contributed by atoms with Crippen LogP contribution in [0.1, 0.15) is 0 Å². The number of nitrogens with two attached hydrogens (primary N) is 1. The second-order valence-corrected chi connectivity index (χ2v) is 6.53. The molecule has 0 saturated carbocycles. The molecular weight excluding hydrogens is 366 g/mol. The first-order chi connectivity index (χ1) is 14.2. The number of rotatable bonds is 4. The van der Waals surface area contributed by atoms with Gasteiger partial charge in [0.25, 0.3) is 0 Å². The zero-order chi connectivity index (χ0) is 19.8. The van der Waals surface area contributed by atoms with Crippen LogP contribution in [-0.2, 0) is 0 Å². The van der Waals surface area contributed by atoms with Crippen molar-refractivity contribution in [2.45, 2.75) is 0 Å². The molecule has 0 fully saturated rings. The molecule has 0 aliphatic rings. The number of ether oxygens (including phenoxy) is 1. The van der Waals surface area contributed by atoms with Gasteiger partial charge < -0.3 is 15.5 Å². The van der Waals surface area contributed by atoms with Crippen LogP contribution in [-0.4, -0.2) is 37.2 Å². The summed E-state index contributed by atoms with van der Waals surface area (Å²) in [6.07, 6.45) is 6.99. The van der Waals surface area contributed by atoms with Crippen molar-refractivity contribution in [3.63, 3.8) is 0 Å². The van der Waals surface area contributed by atoms with E-state index in [1.165, 1.54) is 0 Å². The topological polar surface area (TPSA) is 118 Å². The maximum absolute atomic E-state index is 5.89. The number of anilines is 1. The second kappa shape index (κ2) is 6.75. The molecule has 4 N–H and O–H groups in total. The molecule has 0 aliphatic heterocycles. The molecule has 1 aromatic carbocycles. The zero-order valence-electron chi connectivity index (χ0n) is 15.5. The van der Waals surface area contributed by atoms with Gasteiger partial charge in [-0.2, -0.15) is 5.10 Å². The van der Waals surface area contributed by atoms with Crippen molar-refractivity contribution in [1.82, 2.24) is 30.1 Å². The fraction of sp³-hybridized carbons (Fsp3) is 0.0476. The first-order valence-electron chi connectivity index (χ1n) is 8.97. The van der Waals surface area contributed by atoms with Crippen LogP contribution >= 0.6 is 0 Å². The molecule has 0 aliphatic carbocycles. The Morgan fingerprint density at radius 1 is 0.966 bits per heavy atom. The lowest BCUT2D eigenvalue weighted by molar-refractivity contribution is 0.415. The van der Waals surface area contributed by atoms with E-state index in [2.05, 4.69) is 25.1 Å². The van der Waals surface area contributed by atoms with Gasteiger partial charge in [-0.1, -0.05) is 0 Å². The van der Waals surface area contributed by atoms with Crippen molar-refractivity contribution in [2.24, 2.45) is 0 Å². The summed E-state index contributed by atoms with van der Waals surface area (Å²) in [7, 11) is 1.57. The molecule has 0 bridgehead atoms. The molecule has 4 aromatic heterocycles. The summed E-state index contributed by atoms with van der Waals surface area (Å²) >= 11 is 0. The summed E-state index contributed by atoms with van der Waals surface area (Å²) in [5.41, 5.74) is 11.2. The van der Waals surface area contributed by atoms with Gasteiger partial charge in [-0.05, 0) is 36.4 Å². The molecule has 0 radical (unpaired) electrons. The van der Waals surface area contributed by atoms with E-state index in [4.69, 9.17) is 15.5 Å². The molecule has 0 amide bonds. The van der Waals surface area contributed by atoms with Gasteiger partial charge in [-0.15, -0.1) is 0 Å². The minimum absolute atomic E-state index is 0.340. The minimum Gasteiger partial charge on any atom is -0.493 e. The second-order valence-electron chi connectivity index (χ2n) is 6.53. The van der Waals surface area contributed by atoms with Gasteiger partial charge in [0.1, 0.15) is 5.82 Å². The Labute approximate surface area is 165 Å². The lowest BCUT2D eigenvalue weighted by Crippen LogP contribution is -1.96. The number of nitrogens with zero attached hydrogens (tertiary/aromatic N) is 4. The molecule has 8 nitrogen and oxygen atoms in total. The van der Waals surface area contributed by atoms with E-state index in [0.717, 1.165) is 44.8 Å². The standard InChI is InChI=1S/C21H17N7O/c1-29-17-9-15(10-24-20(17)22)19-18(12-4-6-23-7-5-12)26-21(27-19)13-2-3-16-14(8-13)11-25-28-16/h2-11H,1H3,(H2,22,24)(H,25,28)(H,26,27). The number of nitrogen functional groups attached to an aromatic ring is 1. The summed E-state index contributed by atoms with van der Waals surface area (Å²) in [4.78, 5) is 16.7. The Kier molecular flexibility index (Phi) is 3.94. The number of benzene rings is 1. The average Bonchev–Trinajstić information content (AvgIpc) is 3.41. The lowest BCUT2D eigenvalue weighted by Gasteiger charge is -2.07. The Hall–Kier alpha value is -4.20. The van der Waals surface area contributed by atoms with Gasteiger partial charge >= 0.3 is 0 Å². The maximum Gasteiger partial charge on any atom is 0.166 e. The number of hydrogen-bond acceptors (Lipinski definition) is 6. The summed E-state index contributed by atoms with van der Waals surface area (Å²) in [5, 5.41) is 8.06. The molecule has 0 atom stereocenters. The van der Waals surface area contributed by atoms with Gasteiger partial charge in [-0.3, -0.25) is 10.1 Å². The maximum atomic E-state index is 5.89. The van der Waals surface area contributed by atoms with E-state index in [-0.39, 0.29) is 0 Å². The van der Waals surface area contributed by atoms with Crippen molar-refractivity contribution >= 4 is 16.7 Å². The predicted octanol–water partition coefficient (Wildman–Crippen LogP) is 3.67. The molecule has 29 heavy (non-hydrogen) atoms. The van der Waals surface area contributed by atoms with E-state index in [1.54, 1.807) is 31.9 Å². The Balaban J connectivity index is 1.70. The summed E-state index contributed by atoms with van der Waals surface area (Å²) in [5.74, 6) is 1.59. The first-order valence-corrected chi connectivity index (χ1v) is 8.97. The molecular formula is C21H17N7O. The number of hydrogen-bond donors (Lipinski definition) is 3. The molecule has 0 saturated heterocycles. The highest BCUT2D eigenvalue weighted by molar-refractivity contribution is 5.85. The molecule has 4 heterocycles. The number of nitrogens with one attached hydrogen (secondary N) is 2. The van der Waals surface area contributed by atoms with Gasteiger partial charge in [0.05, 0.1) is 30.2 Å². The van der Waals surface area contributed by atoms with Crippen LogP contribution in [0, 0.1) is 0 Å². The summed E-state index contributed by atoms with van der Waals surface area (Å²) in [6.45, 7) is 0. The van der Waals surface area contributed by atoms with Gasteiger partial charge in [0.2, 0.25) is 0 Å². The fourth-order valence-corrected chi connectivity index (χ4v) is 3.28. The van der Waals surface area contributed by atoms with E-state index in [1.807, 2.05) is 36.4 Å². The predicted molar refractivity (Wildman–Crippen MR) is 111 cm³/mol. The van der Waals surface area contributed by atoms with Crippen LogP contribution in [0.25, 0.3) is 44.8 Å². The third-order valence-corrected chi connectivity index (χ3v) is 4.76. The van der Waals surface area contributed by atoms with Crippen molar-refractivity contribution < 1.29 is 4.74 Å². The van der Waals surface area contributed by atoms with E-state index in [9.17, 15) is 0 Å². The van der Waals surface area contributed by atoms with E-state index >= 15 is 0 Å². The molecule has 0 spiro atoms. The molecule has 0 unspecified atom stereocenters. The molecule has 5 aromatic rings. The quantitative estimate of drug-likeness (QED) is 0.436. The molecule has 5 rings (SSSR count). The van der Waals surface area contributed by atoms with Crippen molar-refractivity contribution in [3.8, 4) is 39.7 Å². The Bertz CT molecular complexity index is 1310. The van der Waals surface area contributed by atoms with Gasteiger partial charge in [0, 0.05) is 40.7 Å². The summed E-state index contributed by atoms with van der Waals surface area (Å²) in [6, 6.07) is 11.7. The number of aromatic amines is 2. The van der Waals surface area contributed by atoms with E-state index in [0.29, 0.717) is 11.6 Å². The van der Waals surface area contributed by atoms with Crippen molar-refractivity contribution in [2.75, 3.05) is 12.8 Å². The van der Waals surface area contributed by atoms with Crippen LogP contribution in [0.4, 0.5) is 5.82 Å². The first kappa shape index (κ1) is 16.9. The largest absolute Gasteiger partial charge is 0.493 e. The third-order valence-electron chi connectivity index (χ3n) is 4.76. The van der Waals surface area contributed by atoms with Crippen molar-refractivity contribution in [3.05, 3.63) is 61.2 Å². The number of methoxy groups -OCH3 is 1. The molecule has 142 valence electrons. The monoisotopic (exact) mass is 383 g/mol. The third kappa shape index (κ3) is 2.96. The van der Waals surface area contributed by atoms with Crippen LogP contribution < -0.4 is 10.5 Å². The fourth-order valence-electron chi connectivity index (χ4n) is 3.28. The lowest BCUT2D eigenvalue weighted by atomic mass is 10.1. The highest BCUT2D eigenvalue weighted by Gasteiger charge is 2.17.